The van der Waals surface area contributed by atoms with Gasteiger partial charge in [0.15, 0.2) is 0 Å². The van der Waals surface area contributed by atoms with Crippen molar-refractivity contribution in [3.63, 3.8) is 0 Å². The molecule has 6 heteroatoms. The van der Waals surface area contributed by atoms with Gasteiger partial charge in [-0.1, -0.05) is 12.5 Å². The van der Waals surface area contributed by atoms with Crippen LogP contribution in [0.15, 0.2) is 42.7 Å². The van der Waals surface area contributed by atoms with Gasteiger partial charge in [0.2, 0.25) is 0 Å². The summed E-state index contributed by atoms with van der Waals surface area (Å²) in [4.78, 5) is 17.9. The molecule has 0 radical (unpaired) electrons. The van der Waals surface area contributed by atoms with Crippen LogP contribution >= 0.6 is 0 Å². The number of halogens is 1. The fourth-order valence-electron chi connectivity index (χ4n) is 3.53. The van der Waals surface area contributed by atoms with Gasteiger partial charge in [-0.25, -0.2) is 4.39 Å². The van der Waals surface area contributed by atoms with Crippen LogP contribution in [0.1, 0.15) is 36.4 Å². The summed E-state index contributed by atoms with van der Waals surface area (Å²) in [6.07, 6.45) is 5.70. The zero-order valence-corrected chi connectivity index (χ0v) is 14.1. The van der Waals surface area contributed by atoms with Crippen molar-refractivity contribution in [3.05, 3.63) is 59.7 Å². The van der Waals surface area contributed by atoms with Crippen LogP contribution in [-0.4, -0.2) is 40.7 Å². The molecule has 3 rings (SSSR count). The molecule has 1 aliphatic heterocycles. The summed E-state index contributed by atoms with van der Waals surface area (Å²) in [5.74, 6) is -0.706. The number of pyridine rings is 1. The van der Waals surface area contributed by atoms with Crippen molar-refractivity contribution in [2.45, 2.75) is 31.3 Å². The lowest BCUT2D eigenvalue weighted by atomic mass is 9.92. The molecular formula is C19H21FN2O3. The summed E-state index contributed by atoms with van der Waals surface area (Å²) in [6.45, 7) is 0.621. The highest BCUT2D eigenvalue weighted by Crippen LogP contribution is 2.38. The second-order valence-electron chi connectivity index (χ2n) is 6.16. The lowest BCUT2D eigenvalue weighted by Crippen LogP contribution is -2.47. The number of aliphatic carboxylic acids is 1. The highest BCUT2D eigenvalue weighted by Gasteiger charge is 2.36. The van der Waals surface area contributed by atoms with Gasteiger partial charge < -0.3 is 9.84 Å². The first-order valence-electron chi connectivity index (χ1n) is 8.33. The summed E-state index contributed by atoms with van der Waals surface area (Å²) in [7, 11) is 1.53. The van der Waals surface area contributed by atoms with Crippen LogP contribution in [0.3, 0.4) is 0 Å². The van der Waals surface area contributed by atoms with E-state index in [4.69, 9.17) is 4.74 Å². The maximum absolute atomic E-state index is 14.0. The van der Waals surface area contributed by atoms with Crippen LogP contribution in [0.4, 0.5) is 4.39 Å². The fourth-order valence-corrected chi connectivity index (χ4v) is 3.53. The Morgan fingerprint density at radius 2 is 2.24 bits per heavy atom. The van der Waals surface area contributed by atoms with E-state index in [2.05, 4.69) is 4.98 Å². The minimum Gasteiger partial charge on any atom is -0.496 e. The van der Waals surface area contributed by atoms with Gasteiger partial charge in [0, 0.05) is 18.0 Å². The molecule has 1 fully saturated rings. The van der Waals surface area contributed by atoms with Crippen molar-refractivity contribution < 1.29 is 19.0 Å². The fraction of sp³-hybridized carbons (Fsp3) is 0.368. The van der Waals surface area contributed by atoms with Crippen molar-refractivity contribution >= 4 is 5.97 Å². The molecule has 25 heavy (non-hydrogen) atoms. The van der Waals surface area contributed by atoms with Gasteiger partial charge in [0.25, 0.3) is 0 Å². The van der Waals surface area contributed by atoms with Gasteiger partial charge in [-0.05, 0) is 49.2 Å². The average molecular weight is 344 g/mol. The van der Waals surface area contributed by atoms with Crippen LogP contribution in [0.2, 0.25) is 0 Å². The summed E-state index contributed by atoms with van der Waals surface area (Å²) in [5, 5.41) is 9.67. The molecule has 2 atom stereocenters. The molecule has 1 saturated heterocycles. The molecule has 1 aromatic heterocycles. The Hall–Kier alpha value is -2.47. The standard InChI is InChI=1S/C19H21FN2O3/c1-25-17-8-7-14(20)11-15(17)18(13-5-4-9-21-12-13)22-10-3-2-6-16(22)19(23)24/h4-5,7-9,11-12,16,18H,2-3,6,10H2,1H3,(H,23,24). The van der Waals surface area contributed by atoms with E-state index in [9.17, 15) is 14.3 Å². The van der Waals surface area contributed by atoms with Crippen molar-refractivity contribution in [1.29, 1.82) is 0 Å². The number of likely N-dealkylation sites (tertiary alicyclic amines) is 1. The van der Waals surface area contributed by atoms with Crippen molar-refractivity contribution in [2.24, 2.45) is 0 Å². The smallest absolute Gasteiger partial charge is 0.320 e. The number of aromatic nitrogens is 1. The Morgan fingerprint density at radius 1 is 1.40 bits per heavy atom. The van der Waals surface area contributed by atoms with Crippen LogP contribution in [0.5, 0.6) is 5.75 Å². The average Bonchev–Trinajstić information content (AvgIpc) is 2.63. The topological polar surface area (TPSA) is 62.7 Å². The molecule has 2 heterocycles. The molecule has 0 spiro atoms. The maximum atomic E-state index is 14.0. The normalized spacial score (nSPS) is 19.4. The quantitative estimate of drug-likeness (QED) is 0.902. The third-order valence-corrected chi connectivity index (χ3v) is 4.65. The summed E-state index contributed by atoms with van der Waals surface area (Å²) < 4.78 is 19.4. The predicted octanol–water partition coefficient (Wildman–Crippen LogP) is 3.26. The Bertz CT molecular complexity index is 739. The number of methoxy groups -OCH3 is 1. The minimum atomic E-state index is -0.857. The molecule has 0 aliphatic carbocycles. The number of hydrogen-bond donors (Lipinski definition) is 1. The summed E-state index contributed by atoms with van der Waals surface area (Å²) in [6, 6.07) is 6.97. The Balaban J connectivity index is 2.14. The first-order chi connectivity index (χ1) is 12.1. The van der Waals surface area contributed by atoms with Gasteiger partial charge in [-0.3, -0.25) is 14.7 Å². The van der Waals surface area contributed by atoms with E-state index in [1.54, 1.807) is 24.5 Å². The zero-order valence-electron chi connectivity index (χ0n) is 14.1. The van der Waals surface area contributed by atoms with Gasteiger partial charge in [0.05, 0.1) is 13.2 Å². The second-order valence-corrected chi connectivity index (χ2v) is 6.16. The Labute approximate surface area is 146 Å². The first-order valence-corrected chi connectivity index (χ1v) is 8.33. The van der Waals surface area contributed by atoms with E-state index in [1.165, 1.54) is 19.2 Å². The largest absolute Gasteiger partial charge is 0.496 e. The highest BCUT2D eigenvalue weighted by atomic mass is 19.1. The Morgan fingerprint density at radius 3 is 2.92 bits per heavy atom. The number of rotatable bonds is 5. The van der Waals surface area contributed by atoms with E-state index in [1.807, 2.05) is 11.0 Å². The van der Waals surface area contributed by atoms with E-state index in [0.717, 1.165) is 18.4 Å². The molecule has 132 valence electrons. The van der Waals surface area contributed by atoms with Gasteiger partial charge in [0.1, 0.15) is 17.6 Å². The number of piperidine rings is 1. The third kappa shape index (κ3) is 3.64. The number of carbonyl (C=O) groups is 1. The van der Waals surface area contributed by atoms with Gasteiger partial charge >= 0.3 is 5.97 Å². The molecule has 1 aromatic carbocycles. The SMILES string of the molecule is COc1ccc(F)cc1C(c1cccnc1)N1CCCCC1C(=O)O. The molecule has 0 saturated carbocycles. The number of nitrogens with zero attached hydrogens (tertiary/aromatic N) is 2. The highest BCUT2D eigenvalue weighted by molar-refractivity contribution is 5.73. The van der Waals surface area contributed by atoms with Crippen molar-refractivity contribution in [2.75, 3.05) is 13.7 Å². The van der Waals surface area contributed by atoms with Gasteiger partial charge in [-0.15, -0.1) is 0 Å². The van der Waals surface area contributed by atoms with Gasteiger partial charge in [-0.2, -0.15) is 0 Å². The Kier molecular flexibility index (Phi) is 5.28. The second kappa shape index (κ2) is 7.61. The van der Waals surface area contributed by atoms with E-state index in [0.29, 0.717) is 24.3 Å². The molecule has 2 aromatic rings. The number of ether oxygens (including phenoxy) is 1. The van der Waals surface area contributed by atoms with E-state index < -0.39 is 18.1 Å². The molecule has 0 bridgehead atoms. The molecule has 2 unspecified atom stereocenters. The number of carboxylic acid groups (broad SMARTS) is 1. The van der Waals surface area contributed by atoms with Crippen molar-refractivity contribution in [3.8, 4) is 5.75 Å². The van der Waals surface area contributed by atoms with Crippen LogP contribution in [-0.2, 0) is 4.79 Å². The maximum Gasteiger partial charge on any atom is 0.320 e. The lowest BCUT2D eigenvalue weighted by Gasteiger charge is -2.39. The third-order valence-electron chi connectivity index (χ3n) is 4.65. The molecule has 0 amide bonds. The van der Waals surface area contributed by atoms with E-state index >= 15 is 0 Å². The zero-order chi connectivity index (χ0) is 17.8. The molecular weight excluding hydrogens is 323 g/mol. The molecule has 1 N–H and O–H groups in total. The van der Waals surface area contributed by atoms with Crippen LogP contribution in [0.25, 0.3) is 0 Å². The van der Waals surface area contributed by atoms with Crippen molar-refractivity contribution in [1.82, 2.24) is 9.88 Å². The molecule has 5 nitrogen and oxygen atoms in total. The lowest BCUT2D eigenvalue weighted by molar-refractivity contribution is -0.145. The minimum absolute atomic E-state index is 0.381. The predicted molar refractivity (Wildman–Crippen MR) is 91.0 cm³/mol. The number of benzene rings is 1. The summed E-state index contributed by atoms with van der Waals surface area (Å²) in [5.41, 5.74) is 1.43. The molecule has 1 aliphatic rings. The van der Waals surface area contributed by atoms with Crippen LogP contribution < -0.4 is 4.74 Å². The van der Waals surface area contributed by atoms with E-state index in [-0.39, 0.29) is 5.82 Å². The first kappa shape index (κ1) is 17.4. The number of carboxylic acids is 1. The van der Waals surface area contributed by atoms with Crippen LogP contribution in [0, 0.1) is 5.82 Å². The summed E-state index contributed by atoms with van der Waals surface area (Å²) >= 11 is 0. The number of hydrogen-bond acceptors (Lipinski definition) is 4. The monoisotopic (exact) mass is 344 g/mol.